The van der Waals surface area contributed by atoms with Crippen molar-refractivity contribution in [2.75, 3.05) is 18.5 Å². The molecule has 1 aromatic rings. The first kappa shape index (κ1) is 15.1. The third kappa shape index (κ3) is 4.70. The lowest BCUT2D eigenvalue weighted by molar-refractivity contribution is -0.141. The highest BCUT2D eigenvalue weighted by molar-refractivity contribution is 6.35. The van der Waals surface area contributed by atoms with E-state index in [2.05, 4.69) is 5.32 Å². The summed E-state index contributed by atoms with van der Waals surface area (Å²) in [4.78, 5) is 11.3. The number of carbonyl (C=O) groups is 1. The molecule has 1 N–H and O–H groups in total. The molecule has 100 valence electrons. The van der Waals surface area contributed by atoms with Crippen molar-refractivity contribution < 1.29 is 13.9 Å². The minimum Gasteiger partial charge on any atom is -0.464 e. The fourth-order valence-electron chi connectivity index (χ4n) is 1.21. The summed E-state index contributed by atoms with van der Waals surface area (Å²) in [6.45, 7) is 2.40. The van der Waals surface area contributed by atoms with Crippen molar-refractivity contribution in [1.29, 1.82) is 0 Å². The number of rotatable bonds is 6. The zero-order valence-corrected chi connectivity index (χ0v) is 11.4. The molecule has 0 radical (unpaired) electrons. The molecule has 1 rings (SSSR count). The van der Waals surface area contributed by atoms with E-state index >= 15 is 0 Å². The van der Waals surface area contributed by atoms with Crippen LogP contribution in [0.4, 0.5) is 10.1 Å². The Labute approximate surface area is 115 Å². The Morgan fingerprint density at radius 3 is 2.56 bits per heavy atom. The second kappa shape index (κ2) is 7.44. The molecule has 0 unspecified atom stereocenters. The van der Waals surface area contributed by atoms with Crippen LogP contribution in [-0.2, 0) is 9.53 Å². The Morgan fingerprint density at radius 2 is 2.00 bits per heavy atom. The van der Waals surface area contributed by atoms with Crippen LogP contribution >= 0.6 is 23.2 Å². The maximum absolute atomic E-state index is 13.1. The van der Waals surface area contributed by atoms with Gasteiger partial charge in [0.1, 0.15) is 6.54 Å². The number of benzene rings is 1. The van der Waals surface area contributed by atoms with Gasteiger partial charge in [-0.3, -0.25) is 4.79 Å². The molecule has 0 aromatic heterocycles. The van der Waals surface area contributed by atoms with Gasteiger partial charge in [-0.1, -0.05) is 36.5 Å². The maximum Gasteiger partial charge on any atom is 0.325 e. The molecule has 0 saturated heterocycles. The molecule has 6 heteroatoms. The van der Waals surface area contributed by atoms with E-state index in [1.165, 1.54) is 12.1 Å². The highest BCUT2D eigenvalue weighted by Crippen LogP contribution is 2.27. The fraction of sp³-hybridized carbons (Fsp3) is 0.417. The second-order valence-electron chi connectivity index (χ2n) is 3.68. The standard InChI is InChI=1S/C12H14Cl2FNO2/c1-2-3-4-18-11(17)7-16-8-5-9(13)12(15)10(14)6-8/h5-6,16H,2-4,7H2,1H3. The Hall–Kier alpha value is -1.00. The molecule has 0 atom stereocenters. The molecule has 3 nitrogen and oxygen atoms in total. The van der Waals surface area contributed by atoms with Crippen molar-refractivity contribution in [3.63, 3.8) is 0 Å². The summed E-state index contributed by atoms with van der Waals surface area (Å²) in [5, 5.41) is 2.58. The molecule has 0 aliphatic carbocycles. The molecule has 0 amide bonds. The van der Waals surface area contributed by atoms with Gasteiger partial charge in [-0.15, -0.1) is 0 Å². The van der Waals surface area contributed by atoms with Crippen molar-refractivity contribution in [3.05, 3.63) is 28.0 Å². The Balaban J connectivity index is 2.46. The molecule has 0 heterocycles. The number of esters is 1. The Morgan fingerprint density at radius 1 is 1.39 bits per heavy atom. The fourth-order valence-corrected chi connectivity index (χ4v) is 1.70. The molecule has 18 heavy (non-hydrogen) atoms. The van der Waals surface area contributed by atoms with Crippen LogP contribution in [0.1, 0.15) is 19.8 Å². The number of hydrogen-bond acceptors (Lipinski definition) is 3. The normalized spacial score (nSPS) is 10.2. The molecule has 0 aliphatic rings. The van der Waals surface area contributed by atoms with Crippen LogP contribution in [0.2, 0.25) is 10.0 Å². The van der Waals surface area contributed by atoms with E-state index in [9.17, 15) is 9.18 Å². The van der Waals surface area contributed by atoms with Gasteiger partial charge in [0.2, 0.25) is 0 Å². The lowest BCUT2D eigenvalue weighted by Crippen LogP contribution is -2.17. The summed E-state index contributed by atoms with van der Waals surface area (Å²) < 4.78 is 18.1. The summed E-state index contributed by atoms with van der Waals surface area (Å²) in [6.07, 6.45) is 1.80. The van der Waals surface area contributed by atoms with E-state index in [-0.39, 0.29) is 22.6 Å². The van der Waals surface area contributed by atoms with Gasteiger partial charge in [-0.2, -0.15) is 0 Å². The van der Waals surface area contributed by atoms with Crippen molar-refractivity contribution in [3.8, 4) is 0 Å². The summed E-state index contributed by atoms with van der Waals surface area (Å²) >= 11 is 11.2. The van der Waals surface area contributed by atoms with E-state index in [1.807, 2.05) is 6.92 Å². The van der Waals surface area contributed by atoms with E-state index in [4.69, 9.17) is 27.9 Å². The third-order valence-electron chi connectivity index (χ3n) is 2.18. The Kier molecular flexibility index (Phi) is 6.22. The van der Waals surface area contributed by atoms with Crippen LogP contribution in [-0.4, -0.2) is 19.1 Å². The summed E-state index contributed by atoms with van der Waals surface area (Å²) in [5.74, 6) is -1.05. The van der Waals surface area contributed by atoms with Crippen LogP contribution in [0, 0.1) is 5.82 Å². The van der Waals surface area contributed by atoms with E-state index in [1.54, 1.807) is 0 Å². The zero-order valence-electron chi connectivity index (χ0n) is 9.93. The number of unbranched alkanes of at least 4 members (excludes halogenated alkanes) is 1. The number of halogens is 3. The average Bonchev–Trinajstić information content (AvgIpc) is 2.33. The van der Waals surface area contributed by atoms with E-state index in [0.717, 1.165) is 12.8 Å². The predicted molar refractivity (Wildman–Crippen MR) is 70.8 cm³/mol. The zero-order chi connectivity index (χ0) is 13.5. The molecule has 1 aromatic carbocycles. The highest BCUT2D eigenvalue weighted by atomic mass is 35.5. The van der Waals surface area contributed by atoms with Gasteiger partial charge >= 0.3 is 5.97 Å². The van der Waals surface area contributed by atoms with E-state index in [0.29, 0.717) is 12.3 Å². The second-order valence-corrected chi connectivity index (χ2v) is 4.50. The molecule has 0 spiro atoms. The number of ether oxygens (including phenoxy) is 1. The topological polar surface area (TPSA) is 38.3 Å². The number of anilines is 1. The first-order valence-electron chi connectivity index (χ1n) is 5.58. The monoisotopic (exact) mass is 293 g/mol. The molecule has 0 fully saturated rings. The summed E-state index contributed by atoms with van der Waals surface area (Å²) in [7, 11) is 0. The van der Waals surface area contributed by atoms with Gasteiger partial charge in [-0.25, -0.2) is 4.39 Å². The van der Waals surface area contributed by atoms with Crippen molar-refractivity contribution >= 4 is 34.9 Å². The number of hydrogen-bond donors (Lipinski definition) is 1. The quantitative estimate of drug-likeness (QED) is 0.491. The molecular weight excluding hydrogens is 280 g/mol. The van der Waals surface area contributed by atoms with Crippen LogP contribution in [0.3, 0.4) is 0 Å². The molecular formula is C12H14Cl2FNO2. The van der Waals surface area contributed by atoms with Crippen LogP contribution in [0.25, 0.3) is 0 Å². The van der Waals surface area contributed by atoms with Crippen LogP contribution in [0.5, 0.6) is 0 Å². The minimum absolute atomic E-state index is 0.0119. The lowest BCUT2D eigenvalue weighted by atomic mass is 10.3. The number of carbonyl (C=O) groups excluding carboxylic acids is 1. The van der Waals surface area contributed by atoms with Gasteiger partial charge in [0.05, 0.1) is 16.7 Å². The van der Waals surface area contributed by atoms with Gasteiger partial charge < -0.3 is 10.1 Å². The van der Waals surface area contributed by atoms with Crippen molar-refractivity contribution in [2.45, 2.75) is 19.8 Å². The van der Waals surface area contributed by atoms with E-state index < -0.39 is 5.82 Å². The first-order chi connectivity index (χ1) is 8.54. The molecule has 0 saturated carbocycles. The average molecular weight is 294 g/mol. The summed E-state index contributed by atoms with van der Waals surface area (Å²) in [6, 6.07) is 2.73. The number of nitrogens with one attached hydrogen (secondary N) is 1. The van der Waals surface area contributed by atoms with Gasteiger partial charge in [0, 0.05) is 5.69 Å². The third-order valence-corrected chi connectivity index (χ3v) is 2.73. The molecule has 0 aliphatic heterocycles. The van der Waals surface area contributed by atoms with Crippen LogP contribution < -0.4 is 5.32 Å². The van der Waals surface area contributed by atoms with Gasteiger partial charge in [-0.05, 0) is 18.6 Å². The summed E-state index contributed by atoms with van der Waals surface area (Å²) in [5.41, 5.74) is 0.471. The van der Waals surface area contributed by atoms with Crippen molar-refractivity contribution in [2.24, 2.45) is 0 Å². The van der Waals surface area contributed by atoms with Gasteiger partial charge in [0.15, 0.2) is 5.82 Å². The minimum atomic E-state index is -0.672. The smallest absolute Gasteiger partial charge is 0.325 e. The van der Waals surface area contributed by atoms with Crippen LogP contribution in [0.15, 0.2) is 12.1 Å². The molecule has 0 bridgehead atoms. The first-order valence-corrected chi connectivity index (χ1v) is 6.34. The maximum atomic E-state index is 13.1. The highest BCUT2D eigenvalue weighted by Gasteiger charge is 2.08. The predicted octanol–water partition coefficient (Wildman–Crippen LogP) is 3.89. The lowest BCUT2D eigenvalue weighted by Gasteiger charge is -2.08. The largest absolute Gasteiger partial charge is 0.464 e. The van der Waals surface area contributed by atoms with Crippen molar-refractivity contribution in [1.82, 2.24) is 0 Å². The Bertz CT molecular complexity index is 404. The SMILES string of the molecule is CCCCOC(=O)CNc1cc(Cl)c(F)c(Cl)c1. The van der Waals surface area contributed by atoms with Gasteiger partial charge in [0.25, 0.3) is 0 Å².